The monoisotopic (exact) mass is 164 g/mol. The molecule has 0 amide bonds. The van der Waals surface area contributed by atoms with E-state index in [1.807, 2.05) is 38.2 Å². The summed E-state index contributed by atoms with van der Waals surface area (Å²) in [6.07, 6.45) is 0.373. The fourth-order valence-electron chi connectivity index (χ4n) is 0.827. The second-order valence-corrected chi connectivity index (χ2v) is 2.69. The molecule has 12 heavy (non-hydrogen) atoms. The van der Waals surface area contributed by atoms with Gasteiger partial charge in [-0.05, 0) is 12.1 Å². The van der Waals surface area contributed by atoms with Gasteiger partial charge in [0.05, 0.1) is 6.10 Å². The van der Waals surface area contributed by atoms with Crippen LogP contribution in [0.2, 0.25) is 6.32 Å². The first-order valence-electron chi connectivity index (χ1n) is 4.19. The van der Waals surface area contributed by atoms with E-state index in [2.05, 4.69) is 0 Å². The number of para-hydroxylation sites is 1. The Morgan fingerprint density at radius 3 is 2.58 bits per heavy atom. The van der Waals surface area contributed by atoms with Crippen LogP contribution in [0, 0.1) is 0 Å². The molecule has 1 aromatic carbocycles. The highest BCUT2D eigenvalue weighted by atomic mass is 16.5. The second-order valence-electron chi connectivity index (χ2n) is 2.69. The lowest BCUT2D eigenvalue weighted by Gasteiger charge is -2.09. The lowest BCUT2D eigenvalue weighted by Crippen LogP contribution is -2.16. The van der Waals surface area contributed by atoms with Crippen LogP contribution in [0.3, 0.4) is 0 Å². The molecule has 2 nitrogen and oxygen atoms in total. The molecule has 0 radical (unpaired) electrons. The Morgan fingerprint density at radius 1 is 1.33 bits per heavy atom. The fraction of sp³-hybridized carbons (Fsp3) is 0.333. The number of ether oxygens (including phenoxy) is 1. The molecule has 0 saturated heterocycles. The third-order valence-corrected chi connectivity index (χ3v) is 1.66. The van der Waals surface area contributed by atoms with Crippen molar-refractivity contribution in [1.29, 1.82) is 0 Å². The Hall–Kier alpha value is -0.955. The molecule has 0 heterocycles. The van der Waals surface area contributed by atoms with Crippen molar-refractivity contribution in [2.24, 2.45) is 0 Å². The Labute approximate surface area is 73.6 Å². The lowest BCUT2D eigenvalue weighted by atomic mass is 10.0. The molecule has 0 bridgehead atoms. The van der Waals surface area contributed by atoms with Gasteiger partial charge in [-0.25, -0.2) is 0 Å². The number of hydrogen-bond acceptors (Lipinski definition) is 2. The maximum atomic E-state index is 9.19. The molecule has 0 aliphatic carbocycles. The molecular formula is C9H13BO2. The molecule has 0 spiro atoms. The second kappa shape index (κ2) is 4.83. The van der Waals surface area contributed by atoms with Crippen LogP contribution in [0.1, 0.15) is 0 Å². The Balaban J connectivity index is 2.33. The van der Waals surface area contributed by atoms with Crippen LogP contribution in [0.15, 0.2) is 30.3 Å². The summed E-state index contributed by atoms with van der Waals surface area (Å²) in [5.41, 5.74) is 0. The smallest absolute Gasteiger partial charge is 0.119 e. The molecule has 1 N–H and O–H groups in total. The first kappa shape index (κ1) is 9.14. The van der Waals surface area contributed by atoms with Crippen molar-refractivity contribution < 1.29 is 9.84 Å². The highest BCUT2D eigenvalue weighted by molar-refractivity contribution is 6.08. The number of benzene rings is 1. The molecule has 0 saturated carbocycles. The molecule has 1 unspecified atom stereocenters. The van der Waals surface area contributed by atoms with E-state index < -0.39 is 0 Å². The summed E-state index contributed by atoms with van der Waals surface area (Å²) >= 11 is 0. The molecule has 0 aliphatic rings. The van der Waals surface area contributed by atoms with Gasteiger partial charge in [0, 0.05) is 0 Å². The highest BCUT2D eigenvalue weighted by Gasteiger charge is 2.00. The number of aliphatic hydroxyl groups excluding tert-OH is 1. The Kier molecular flexibility index (Phi) is 3.68. The van der Waals surface area contributed by atoms with Crippen molar-refractivity contribution in [2.45, 2.75) is 12.4 Å². The van der Waals surface area contributed by atoms with E-state index in [1.54, 1.807) is 0 Å². The largest absolute Gasteiger partial charge is 0.491 e. The van der Waals surface area contributed by atoms with Crippen LogP contribution in [-0.2, 0) is 0 Å². The maximum absolute atomic E-state index is 9.19. The quantitative estimate of drug-likeness (QED) is 0.655. The summed E-state index contributed by atoms with van der Waals surface area (Å²) in [5.74, 6) is 0.810. The van der Waals surface area contributed by atoms with E-state index in [0.29, 0.717) is 6.61 Å². The summed E-state index contributed by atoms with van der Waals surface area (Å²) in [7, 11) is 1.93. The van der Waals surface area contributed by atoms with Gasteiger partial charge in [-0.15, -0.1) is 0 Å². The summed E-state index contributed by atoms with van der Waals surface area (Å²) in [4.78, 5) is 0. The standard InChI is InChI=1S/C9H13BO2/c10-6-8(11)7-12-9-4-2-1-3-5-9/h1-5,8,11H,6-7,10H2. The van der Waals surface area contributed by atoms with Crippen LogP contribution in [-0.4, -0.2) is 25.7 Å². The van der Waals surface area contributed by atoms with E-state index in [0.717, 1.165) is 12.1 Å². The van der Waals surface area contributed by atoms with Gasteiger partial charge in [-0.2, -0.15) is 0 Å². The normalized spacial score (nSPS) is 12.4. The van der Waals surface area contributed by atoms with Gasteiger partial charge in [0.2, 0.25) is 0 Å². The van der Waals surface area contributed by atoms with Gasteiger partial charge in [0.25, 0.3) is 0 Å². The van der Waals surface area contributed by atoms with Gasteiger partial charge in [0.15, 0.2) is 0 Å². The molecule has 64 valence electrons. The zero-order valence-corrected chi connectivity index (χ0v) is 7.23. The number of hydrogen-bond donors (Lipinski definition) is 1. The molecule has 1 rings (SSSR count). The van der Waals surface area contributed by atoms with E-state index in [-0.39, 0.29) is 6.10 Å². The van der Waals surface area contributed by atoms with Gasteiger partial charge in [-0.1, -0.05) is 24.5 Å². The first-order chi connectivity index (χ1) is 5.83. The average Bonchev–Trinajstić information content (AvgIpc) is 2.16. The van der Waals surface area contributed by atoms with Crippen LogP contribution < -0.4 is 4.74 Å². The van der Waals surface area contributed by atoms with E-state index >= 15 is 0 Å². The number of aliphatic hydroxyl groups is 1. The third-order valence-electron chi connectivity index (χ3n) is 1.66. The zero-order valence-electron chi connectivity index (χ0n) is 7.23. The van der Waals surface area contributed by atoms with Gasteiger partial charge >= 0.3 is 0 Å². The van der Waals surface area contributed by atoms with Crippen LogP contribution in [0.4, 0.5) is 0 Å². The average molecular weight is 164 g/mol. The van der Waals surface area contributed by atoms with Crippen LogP contribution in [0.25, 0.3) is 0 Å². The summed E-state index contributed by atoms with van der Waals surface area (Å²) in [6, 6.07) is 9.51. The van der Waals surface area contributed by atoms with Crippen molar-refractivity contribution in [3.8, 4) is 5.75 Å². The van der Waals surface area contributed by atoms with Gasteiger partial charge in [0.1, 0.15) is 20.2 Å². The Morgan fingerprint density at radius 2 is 2.00 bits per heavy atom. The van der Waals surface area contributed by atoms with E-state index in [9.17, 15) is 5.11 Å². The van der Waals surface area contributed by atoms with E-state index in [4.69, 9.17) is 4.74 Å². The molecule has 0 aliphatic heterocycles. The van der Waals surface area contributed by atoms with Crippen molar-refractivity contribution >= 4 is 7.85 Å². The summed E-state index contributed by atoms with van der Waals surface area (Å²) < 4.78 is 5.31. The van der Waals surface area contributed by atoms with Crippen molar-refractivity contribution in [1.82, 2.24) is 0 Å². The molecule has 0 aromatic heterocycles. The SMILES string of the molecule is BCC(O)COc1ccccc1. The molecule has 0 fully saturated rings. The third kappa shape index (κ3) is 2.97. The first-order valence-corrected chi connectivity index (χ1v) is 4.19. The minimum atomic E-state index is -0.356. The predicted octanol–water partition coefficient (Wildman–Crippen LogP) is 0.478. The van der Waals surface area contributed by atoms with Gasteiger partial charge in [-0.3, -0.25) is 0 Å². The topological polar surface area (TPSA) is 29.5 Å². The summed E-state index contributed by atoms with van der Waals surface area (Å²) in [5, 5.41) is 9.19. The minimum absolute atomic E-state index is 0.356. The Bertz CT molecular complexity index is 213. The van der Waals surface area contributed by atoms with Gasteiger partial charge < -0.3 is 9.84 Å². The van der Waals surface area contributed by atoms with Crippen molar-refractivity contribution in [3.05, 3.63) is 30.3 Å². The zero-order chi connectivity index (χ0) is 8.81. The van der Waals surface area contributed by atoms with Crippen LogP contribution >= 0.6 is 0 Å². The molecule has 1 aromatic rings. The lowest BCUT2D eigenvalue weighted by molar-refractivity contribution is 0.123. The van der Waals surface area contributed by atoms with E-state index in [1.165, 1.54) is 0 Å². The predicted molar refractivity (Wildman–Crippen MR) is 51.3 cm³/mol. The summed E-state index contributed by atoms with van der Waals surface area (Å²) in [6.45, 7) is 0.376. The number of rotatable bonds is 4. The van der Waals surface area contributed by atoms with Crippen LogP contribution in [0.5, 0.6) is 5.75 Å². The molecular weight excluding hydrogens is 151 g/mol. The molecule has 1 atom stereocenters. The highest BCUT2D eigenvalue weighted by Crippen LogP contribution is 2.08. The fourth-order valence-corrected chi connectivity index (χ4v) is 0.827. The van der Waals surface area contributed by atoms with Crippen molar-refractivity contribution in [2.75, 3.05) is 6.61 Å². The maximum Gasteiger partial charge on any atom is 0.119 e. The molecule has 3 heteroatoms. The van der Waals surface area contributed by atoms with Crippen molar-refractivity contribution in [3.63, 3.8) is 0 Å². The minimum Gasteiger partial charge on any atom is -0.491 e.